The van der Waals surface area contributed by atoms with E-state index in [1.807, 2.05) is 37.1 Å². The lowest BCUT2D eigenvalue weighted by Gasteiger charge is -2.27. The van der Waals surface area contributed by atoms with Gasteiger partial charge in [0, 0.05) is 13.1 Å². The quantitative estimate of drug-likeness (QED) is 0.902. The molecule has 24 heavy (non-hydrogen) atoms. The highest BCUT2D eigenvalue weighted by Crippen LogP contribution is 2.34. The van der Waals surface area contributed by atoms with Gasteiger partial charge in [0.25, 0.3) is 0 Å². The Balaban J connectivity index is 1.59. The fraction of sp³-hybridized carbons (Fsp3) is 0.350. The summed E-state index contributed by atoms with van der Waals surface area (Å²) in [4.78, 5) is 14.4. The number of urea groups is 1. The molecule has 0 radical (unpaired) electrons. The van der Waals surface area contributed by atoms with Gasteiger partial charge in [-0.3, -0.25) is 0 Å². The zero-order valence-corrected chi connectivity index (χ0v) is 14.2. The minimum Gasteiger partial charge on any atom is -0.508 e. The van der Waals surface area contributed by atoms with Crippen molar-refractivity contribution < 1.29 is 9.90 Å². The summed E-state index contributed by atoms with van der Waals surface area (Å²) < 4.78 is 0. The highest BCUT2D eigenvalue weighted by Gasteiger charge is 2.28. The zero-order valence-electron chi connectivity index (χ0n) is 14.2. The van der Waals surface area contributed by atoms with Crippen LogP contribution in [0.15, 0.2) is 48.5 Å². The Morgan fingerprint density at radius 3 is 2.71 bits per heavy atom. The van der Waals surface area contributed by atoms with Gasteiger partial charge in [0.05, 0.1) is 6.04 Å². The normalized spacial score (nSPS) is 17.2. The molecular formula is C20H24N2O2. The molecule has 126 valence electrons. The van der Waals surface area contributed by atoms with E-state index in [2.05, 4.69) is 23.5 Å². The van der Waals surface area contributed by atoms with Gasteiger partial charge in [0.15, 0.2) is 0 Å². The smallest absolute Gasteiger partial charge is 0.317 e. The average molecular weight is 324 g/mol. The van der Waals surface area contributed by atoms with Crippen LogP contribution in [0.1, 0.15) is 36.1 Å². The number of aromatic hydroxyl groups is 1. The molecule has 0 aliphatic heterocycles. The molecule has 0 spiro atoms. The van der Waals surface area contributed by atoms with Crippen LogP contribution in [0.4, 0.5) is 4.79 Å². The number of hydrogen-bond donors (Lipinski definition) is 2. The summed E-state index contributed by atoms with van der Waals surface area (Å²) in [5.41, 5.74) is 3.70. The molecule has 0 saturated carbocycles. The van der Waals surface area contributed by atoms with Crippen LogP contribution in [0.5, 0.6) is 5.75 Å². The molecule has 2 amide bonds. The van der Waals surface area contributed by atoms with E-state index in [0.29, 0.717) is 0 Å². The molecule has 0 saturated heterocycles. The predicted octanol–water partition coefficient (Wildman–Crippen LogP) is 3.65. The van der Waals surface area contributed by atoms with Crippen LogP contribution in [-0.2, 0) is 12.8 Å². The second-order valence-corrected chi connectivity index (χ2v) is 6.59. The van der Waals surface area contributed by atoms with Gasteiger partial charge in [0.1, 0.15) is 5.75 Å². The van der Waals surface area contributed by atoms with E-state index >= 15 is 0 Å². The van der Waals surface area contributed by atoms with Crippen LogP contribution in [-0.4, -0.2) is 29.1 Å². The Bertz CT molecular complexity index is 712. The largest absolute Gasteiger partial charge is 0.508 e. The van der Waals surface area contributed by atoms with Gasteiger partial charge >= 0.3 is 6.03 Å². The summed E-state index contributed by atoms with van der Waals surface area (Å²) in [6, 6.07) is 15.6. The molecule has 2 aromatic rings. The molecule has 2 N–H and O–H groups in total. The third-order valence-electron chi connectivity index (χ3n) is 4.74. The van der Waals surface area contributed by atoms with Gasteiger partial charge in [-0.25, -0.2) is 4.79 Å². The summed E-state index contributed by atoms with van der Waals surface area (Å²) >= 11 is 0. The van der Waals surface area contributed by atoms with E-state index in [1.165, 1.54) is 11.1 Å². The number of aryl methyl sites for hydroxylation is 1. The van der Waals surface area contributed by atoms with E-state index in [1.54, 1.807) is 12.1 Å². The maximum Gasteiger partial charge on any atom is 0.317 e. The van der Waals surface area contributed by atoms with Gasteiger partial charge in [0.2, 0.25) is 0 Å². The number of rotatable bonds is 4. The second-order valence-electron chi connectivity index (χ2n) is 6.59. The first-order chi connectivity index (χ1) is 11.5. The summed E-state index contributed by atoms with van der Waals surface area (Å²) in [6.45, 7) is 2.00. The highest BCUT2D eigenvalue weighted by molar-refractivity contribution is 5.75. The summed E-state index contributed by atoms with van der Waals surface area (Å²) in [5, 5.41) is 12.4. The first-order valence-electron chi connectivity index (χ1n) is 8.43. The molecule has 0 unspecified atom stereocenters. The minimum absolute atomic E-state index is 0.0288. The number of carbonyl (C=O) groups is 1. The predicted molar refractivity (Wildman–Crippen MR) is 95.1 cm³/mol. The molecule has 0 bridgehead atoms. The lowest BCUT2D eigenvalue weighted by molar-refractivity contribution is 0.187. The van der Waals surface area contributed by atoms with Crippen LogP contribution in [0.3, 0.4) is 0 Å². The van der Waals surface area contributed by atoms with Crippen molar-refractivity contribution in [3.8, 4) is 5.75 Å². The van der Waals surface area contributed by atoms with Gasteiger partial charge in [-0.1, -0.05) is 36.4 Å². The van der Waals surface area contributed by atoms with E-state index in [9.17, 15) is 9.90 Å². The summed E-state index contributed by atoms with van der Waals surface area (Å²) in [7, 11) is 1.87. The van der Waals surface area contributed by atoms with E-state index in [-0.39, 0.29) is 23.9 Å². The second kappa shape index (κ2) is 6.95. The molecule has 4 heteroatoms. The molecule has 3 rings (SSSR count). The fourth-order valence-corrected chi connectivity index (χ4v) is 3.43. The van der Waals surface area contributed by atoms with Gasteiger partial charge < -0.3 is 15.3 Å². The standard InChI is InChI=1S/C20H24N2O2/c1-14(13-15-7-10-17(23)11-8-15)21-20(24)22(2)19-12-9-16-5-3-4-6-18(16)19/h3-8,10-11,14,19,23H,9,12-13H2,1-2H3,(H,21,24)/t14-,19-/m1/s1. The molecule has 0 heterocycles. The molecule has 2 atom stereocenters. The Morgan fingerprint density at radius 1 is 1.25 bits per heavy atom. The monoisotopic (exact) mass is 324 g/mol. The first kappa shape index (κ1) is 16.4. The minimum atomic E-state index is -0.0389. The molecule has 1 aliphatic rings. The van der Waals surface area contributed by atoms with Crippen molar-refractivity contribution in [3.05, 3.63) is 65.2 Å². The van der Waals surface area contributed by atoms with Crippen LogP contribution in [0.25, 0.3) is 0 Å². The highest BCUT2D eigenvalue weighted by atomic mass is 16.3. The van der Waals surface area contributed by atoms with E-state index in [4.69, 9.17) is 0 Å². The maximum atomic E-state index is 12.6. The molecule has 4 nitrogen and oxygen atoms in total. The lowest BCUT2D eigenvalue weighted by atomic mass is 10.1. The molecule has 2 aromatic carbocycles. The van der Waals surface area contributed by atoms with Crippen molar-refractivity contribution in [2.75, 3.05) is 7.05 Å². The molecule has 1 aliphatic carbocycles. The zero-order chi connectivity index (χ0) is 17.1. The van der Waals surface area contributed by atoms with Gasteiger partial charge in [-0.2, -0.15) is 0 Å². The van der Waals surface area contributed by atoms with Crippen molar-refractivity contribution >= 4 is 6.03 Å². The number of hydrogen-bond acceptors (Lipinski definition) is 2. The van der Waals surface area contributed by atoms with Crippen molar-refractivity contribution in [2.45, 2.75) is 38.3 Å². The Morgan fingerprint density at radius 2 is 1.96 bits per heavy atom. The van der Waals surface area contributed by atoms with E-state index in [0.717, 1.165) is 24.8 Å². The fourth-order valence-electron chi connectivity index (χ4n) is 3.43. The molecular weight excluding hydrogens is 300 g/mol. The number of phenolic OH excluding ortho intramolecular Hbond substituents is 1. The SMILES string of the molecule is C[C@H](Cc1ccc(O)cc1)NC(=O)N(C)[C@@H]1CCc2ccccc21. The molecule has 0 fully saturated rings. The number of carbonyl (C=O) groups excluding carboxylic acids is 1. The van der Waals surface area contributed by atoms with Crippen LogP contribution < -0.4 is 5.32 Å². The number of amides is 2. The lowest BCUT2D eigenvalue weighted by Crippen LogP contribution is -2.43. The number of nitrogens with zero attached hydrogens (tertiary/aromatic N) is 1. The van der Waals surface area contributed by atoms with Crippen LogP contribution >= 0.6 is 0 Å². The van der Waals surface area contributed by atoms with Crippen molar-refractivity contribution in [3.63, 3.8) is 0 Å². The number of phenols is 1. The third-order valence-corrected chi connectivity index (χ3v) is 4.74. The Labute approximate surface area is 143 Å². The van der Waals surface area contributed by atoms with E-state index < -0.39 is 0 Å². The number of fused-ring (bicyclic) bond motifs is 1. The van der Waals surface area contributed by atoms with Crippen LogP contribution in [0.2, 0.25) is 0 Å². The topological polar surface area (TPSA) is 52.6 Å². The molecule has 0 aromatic heterocycles. The average Bonchev–Trinajstić information content (AvgIpc) is 3.00. The van der Waals surface area contributed by atoms with Gasteiger partial charge in [-0.05, 0) is 55.0 Å². The van der Waals surface area contributed by atoms with Crippen molar-refractivity contribution in [1.29, 1.82) is 0 Å². The first-order valence-corrected chi connectivity index (χ1v) is 8.43. The van der Waals surface area contributed by atoms with Crippen molar-refractivity contribution in [2.24, 2.45) is 0 Å². The number of nitrogens with one attached hydrogen (secondary N) is 1. The Kier molecular flexibility index (Phi) is 4.74. The van der Waals surface area contributed by atoms with Crippen molar-refractivity contribution in [1.82, 2.24) is 10.2 Å². The summed E-state index contributed by atoms with van der Waals surface area (Å²) in [5.74, 6) is 0.259. The Hall–Kier alpha value is -2.49. The van der Waals surface area contributed by atoms with Crippen LogP contribution in [0, 0.1) is 0 Å². The number of benzene rings is 2. The summed E-state index contributed by atoms with van der Waals surface area (Å²) in [6.07, 6.45) is 2.75. The van der Waals surface area contributed by atoms with Gasteiger partial charge in [-0.15, -0.1) is 0 Å². The maximum absolute atomic E-state index is 12.6. The third kappa shape index (κ3) is 3.53.